The number of halogens is 3. The summed E-state index contributed by atoms with van der Waals surface area (Å²) in [5.74, 6) is 0. The monoisotopic (exact) mass is 347 g/mol. The molecule has 7 heteroatoms. The summed E-state index contributed by atoms with van der Waals surface area (Å²) in [7, 11) is -3.86. The number of nitrogens with zero attached hydrogens (tertiary/aromatic N) is 1. The Kier molecular flexibility index (Phi) is 4.41. The molecule has 1 saturated heterocycles. The number of hydrogen-bond acceptors (Lipinski definition) is 2. The number of hydrogen-bond donors (Lipinski definition) is 0. The third-order valence-corrected chi connectivity index (χ3v) is 5.90. The molecular formula is C16H20F3NO2S. The van der Waals surface area contributed by atoms with Crippen LogP contribution in [0.5, 0.6) is 0 Å². The zero-order valence-electron chi connectivity index (χ0n) is 13.3. The summed E-state index contributed by atoms with van der Waals surface area (Å²) < 4.78 is 64.8. The topological polar surface area (TPSA) is 37.4 Å². The van der Waals surface area contributed by atoms with E-state index < -0.39 is 21.8 Å². The van der Waals surface area contributed by atoms with E-state index in [1.807, 2.05) is 13.8 Å². The maximum absolute atomic E-state index is 12.8. The van der Waals surface area contributed by atoms with Crippen LogP contribution in [-0.2, 0) is 16.2 Å². The van der Waals surface area contributed by atoms with Gasteiger partial charge in [-0.15, -0.1) is 0 Å². The SMILES string of the molecule is C=C(C)[C@@H]1CC(C)(C)CN1S(=O)(=O)c1ccc(C(F)(F)F)cc1. The summed E-state index contributed by atoms with van der Waals surface area (Å²) in [5, 5.41) is 0. The highest BCUT2D eigenvalue weighted by Crippen LogP contribution is 2.40. The van der Waals surface area contributed by atoms with E-state index in [9.17, 15) is 21.6 Å². The van der Waals surface area contributed by atoms with Gasteiger partial charge in [-0.25, -0.2) is 8.42 Å². The van der Waals surface area contributed by atoms with Crippen LogP contribution in [0.1, 0.15) is 32.8 Å². The fourth-order valence-corrected chi connectivity index (χ4v) is 4.71. The Labute approximate surface area is 134 Å². The van der Waals surface area contributed by atoms with Gasteiger partial charge >= 0.3 is 6.18 Å². The number of alkyl halides is 3. The van der Waals surface area contributed by atoms with Crippen molar-refractivity contribution < 1.29 is 21.6 Å². The maximum Gasteiger partial charge on any atom is 0.416 e. The molecule has 2 rings (SSSR count). The molecule has 0 bridgehead atoms. The third kappa shape index (κ3) is 3.61. The van der Waals surface area contributed by atoms with Crippen LogP contribution in [0.25, 0.3) is 0 Å². The van der Waals surface area contributed by atoms with Crippen molar-refractivity contribution in [1.29, 1.82) is 0 Å². The maximum atomic E-state index is 12.8. The van der Waals surface area contributed by atoms with Crippen molar-refractivity contribution in [3.05, 3.63) is 42.0 Å². The second kappa shape index (κ2) is 5.63. The minimum atomic E-state index is -4.49. The molecule has 0 N–H and O–H groups in total. The van der Waals surface area contributed by atoms with E-state index in [2.05, 4.69) is 6.58 Å². The molecule has 1 atom stereocenters. The quantitative estimate of drug-likeness (QED) is 0.773. The molecule has 1 aromatic carbocycles. The minimum absolute atomic E-state index is 0.130. The zero-order valence-corrected chi connectivity index (χ0v) is 14.1. The minimum Gasteiger partial charge on any atom is -0.207 e. The van der Waals surface area contributed by atoms with Gasteiger partial charge in [-0.05, 0) is 43.0 Å². The molecule has 1 fully saturated rings. The number of benzene rings is 1. The van der Waals surface area contributed by atoms with E-state index in [4.69, 9.17) is 0 Å². The van der Waals surface area contributed by atoms with E-state index in [0.29, 0.717) is 13.0 Å². The largest absolute Gasteiger partial charge is 0.416 e. The molecule has 0 amide bonds. The molecule has 1 aliphatic heterocycles. The Bertz CT molecular complexity index is 706. The predicted octanol–water partition coefficient (Wildman–Crippen LogP) is 4.07. The van der Waals surface area contributed by atoms with Gasteiger partial charge in [-0.3, -0.25) is 0 Å². The summed E-state index contributed by atoms with van der Waals surface area (Å²) in [6.45, 7) is 9.86. The lowest BCUT2D eigenvalue weighted by molar-refractivity contribution is -0.137. The Hall–Kier alpha value is -1.34. The summed E-state index contributed by atoms with van der Waals surface area (Å²) >= 11 is 0. The first kappa shape index (κ1) is 18.0. The van der Waals surface area contributed by atoms with E-state index in [-0.39, 0.29) is 16.4 Å². The molecule has 0 unspecified atom stereocenters. The van der Waals surface area contributed by atoms with Crippen molar-refractivity contribution in [1.82, 2.24) is 4.31 Å². The number of sulfonamides is 1. The van der Waals surface area contributed by atoms with Crippen LogP contribution in [0.3, 0.4) is 0 Å². The highest BCUT2D eigenvalue weighted by molar-refractivity contribution is 7.89. The molecular weight excluding hydrogens is 327 g/mol. The van der Waals surface area contributed by atoms with Gasteiger partial charge in [0.25, 0.3) is 0 Å². The fraction of sp³-hybridized carbons (Fsp3) is 0.500. The fourth-order valence-electron chi connectivity index (χ4n) is 2.85. The normalized spacial score (nSPS) is 22.3. The molecule has 1 aliphatic rings. The van der Waals surface area contributed by atoms with Crippen molar-refractivity contribution in [3.63, 3.8) is 0 Å². The van der Waals surface area contributed by atoms with Crippen molar-refractivity contribution >= 4 is 10.0 Å². The highest BCUT2D eigenvalue weighted by atomic mass is 32.2. The van der Waals surface area contributed by atoms with Crippen molar-refractivity contribution in [2.45, 2.75) is 44.3 Å². The molecule has 0 spiro atoms. The van der Waals surface area contributed by atoms with Gasteiger partial charge in [-0.2, -0.15) is 17.5 Å². The van der Waals surface area contributed by atoms with Gasteiger partial charge in [-0.1, -0.05) is 26.0 Å². The zero-order chi connectivity index (χ0) is 17.6. The van der Waals surface area contributed by atoms with Crippen molar-refractivity contribution in [2.75, 3.05) is 6.54 Å². The van der Waals surface area contributed by atoms with E-state index in [0.717, 1.165) is 29.8 Å². The van der Waals surface area contributed by atoms with Gasteiger partial charge in [0.1, 0.15) is 0 Å². The molecule has 0 saturated carbocycles. The van der Waals surface area contributed by atoms with Gasteiger partial charge in [0.2, 0.25) is 10.0 Å². The molecule has 0 radical (unpaired) electrons. The Balaban J connectivity index is 2.39. The molecule has 3 nitrogen and oxygen atoms in total. The molecule has 23 heavy (non-hydrogen) atoms. The lowest BCUT2D eigenvalue weighted by Crippen LogP contribution is -2.36. The van der Waals surface area contributed by atoms with Gasteiger partial charge in [0.15, 0.2) is 0 Å². The first-order valence-electron chi connectivity index (χ1n) is 7.19. The number of rotatable bonds is 3. The standard InChI is InChI=1S/C16H20F3NO2S/c1-11(2)14-9-15(3,4)10-20(14)23(21,22)13-7-5-12(6-8-13)16(17,18)19/h5-8,14H,1,9-10H2,2-4H3/t14-/m0/s1. The highest BCUT2D eigenvalue weighted by Gasteiger charge is 2.44. The van der Waals surface area contributed by atoms with E-state index >= 15 is 0 Å². The predicted molar refractivity (Wildman–Crippen MR) is 82.3 cm³/mol. The second-order valence-corrected chi connectivity index (χ2v) is 8.69. The first-order chi connectivity index (χ1) is 10.3. The lowest BCUT2D eigenvalue weighted by atomic mass is 9.89. The van der Waals surface area contributed by atoms with Crippen LogP contribution in [-0.4, -0.2) is 25.3 Å². The smallest absolute Gasteiger partial charge is 0.207 e. The van der Waals surface area contributed by atoms with Crippen LogP contribution in [0.4, 0.5) is 13.2 Å². The Morgan fingerprint density at radius 3 is 2.22 bits per heavy atom. The molecule has 0 aliphatic carbocycles. The molecule has 128 valence electrons. The average Bonchev–Trinajstić information content (AvgIpc) is 2.75. The van der Waals surface area contributed by atoms with Crippen LogP contribution < -0.4 is 0 Å². The summed E-state index contributed by atoms with van der Waals surface area (Å²) in [6, 6.07) is 3.28. The molecule has 1 heterocycles. The summed E-state index contributed by atoms with van der Waals surface area (Å²) in [6.07, 6.45) is -3.85. The first-order valence-corrected chi connectivity index (χ1v) is 8.63. The van der Waals surface area contributed by atoms with Crippen LogP contribution in [0, 0.1) is 5.41 Å². The van der Waals surface area contributed by atoms with Crippen molar-refractivity contribution in [2.24, 2.45) is 5.41 Å². The van der Waals surface area contributed by atoms with Crippen LogP contribution in [0.15, 0.2) is 41.3 Å². The van der Waals surface area contributed by atoms with Crippen LogP contribution in [0.2, 0.25) is 0 Å². The van der Waals surface area contributed by atoms with E-state index in [1.165, 1.54) is 4.31 Å². The third-order valence-electron chi connectivity index (χ3n) is 4.03. The van der Waals surface area contributed by atoms with Crippen molar-refractivity contribution in [3.8, 4) is 0 Å². The second-order valence-electron chi connectivity index (χ2n) is 6.80. The van der Waals surface area contributed by atoms with E-state index in [1.54, 1.807) is 6.92 Å². The van der Waals surface area contributed by atoms with Crippen LogP contribution >= 0.6 is 0 Å². The molecule has 1 aromatic rings. The Morgan fingerprint density at radius 2 is 1.78 bits per heavy atom. The summed E-state index contributed by atoms with van der Waals surface area (Å²) in [5.41, 5.74) is -0.344. The Morgan fingerprint density at radius 1 is 1.26 bits per heavy atom. The van der Waals surface area contributed by atoms with Gasteiger partial charge in [0, 0.05) is 12.6 Å². The average molecular weight is 347 g/mol. The van der Waals surface area contributed by atoms with Gasteiger partial charge in [0.05, 0.1) is 10.5 Å². The van der Waals surface area contributed by atoms with Gasteiger partial charge < -0.3 is 0 Å². The molecule has 0 aromatic heterocycles. The lowest BCUT2D eigenvalue weighted by Gasteiger charge is -2.24. The summed E-state index contributed by atoms with van der Waals surface area (Å²) in [4.78, 5) is -0.130.